The van der Waals surface area contributed by atoms with Crippen LogP contribution < -0.4 is 21.1 Å². The van der Waals surface area contributed by atoms with Crippen LogP contribution in [0.1, 0.15) is 44.0 Å². The minimum Gasteiger partial charge on any atom is -0.471 e. The van der Waals surface area contributed by atoms with Crippen molar-refractivity contribution in [3.8, 4) is 5.88 Å². The molecule has 1 aromatic heterocycles. The third-order valence-electron chi connectivity index (χ3n) is 4.69. The van der Waals surface area contributed by atoms with E-state index in [1.807, 2.05) is 13.8 Å². The topological polar surface area (TPSA) is 147 Å². The van der Waals surface area contributed by atoms with Gasteiger partial charge in [0.05, 0.1) is 18.1 Å². The highest BCUT2D eigenvalue weighted by atomic mass is 79.9. The van der Waals surface area contributed by atoms with Crippen LogP contribution in [-0.4, -0.2) is 69.9 Å². The predicted octanol–water partition coefficient (Wildman–Crippen LogP) is 3.24. The Labute approximate surface area is 214 Å². The smallest absolute Gasteiger partial charge is 0.320 e. The highest BCUT2D eigenvalue weighted by molar-refractivity contribution is 9.09. The lowest BCUT2D eigenvalue weighted by Gasteiger charge is -2.20. The van der Waals surface area contributed by atoms with Crippen molar-refractivity contribution in [3.63, 3.8) is 0 Å². The molecule has 0 radical (unpaired) electrons. The number of primary amides is 1. The van der Waals surface area contributed by atoms with E-state index in [2.05, 4.69) is 30.9 Å². The summed E-state index contributed by atoms with van der Waals surface area (Å²) < 4.78 is 37.6. The Morgan fingerprint density at radius 2 is 1.94 bits per heavy atom. The van der Waals surface area contributed by atoms with Crippen molar-refractivity contribution in [3.05, 3.63) is 28.9 Å². The minimum atomic E-state index is -1.12. The summed E-state index contributed by atoms with van der Waals surface area (Å²) in [5.41, 5.74) is 4.77. The fourth-order valence-electron chi connectivity index (χ4n) is 2.84. The van der Waals surface area contributed by atoms with Crippen LogP contribution in [-0.2, 0) is 4.79 Å². The number of halogens is 3. The maximum atomic E-state index is 14.2. The van der Waals surface area contributed by atoms with E-state index in [0.717, 1.165) is 6.08 Å². The lowest BCUT2D eigenvalue weighted by molar-refractivity contribution is -0.132. The number of urea groups is 1. The standard InChI is InChI=1S/C21H30BrF2N5O5S/c1-4-14(23)13(15(24)7-8-22)11-34-19-17(18(25)32)20(35-28-19)27-21(33)26-10-12(30)9-16(31)29(5-2)6-3/h7,12,30H,4-6,8-11H2,1-3H3,(H2,25,32)(H2,26,27,33)/b14-13+,15-7+. The predicted molar refractivity (Wildman–Crippen MR) is 133 cm³/mol. The monoisotopic (exact) mass is 581 g/mol. The molecule has 0 aliphatic heterocycles. The third-order valence-corrected chi connectivity index (χ3v) is 5.76. The molecule has 35 heavy (non-hydrogen) atoms. The van der Waals surface area contributed by atoms with Crippen LogP contribution in [0.3, 0.4) is 0 Å². The van der Waals surface area contributed by atoms with Crippen molar-refractivity contribution >= 4 is 50.3 Å². The van der Waals surface area contributed by atoms with Gasteiger partial charge in [0.25, 0.3) is 5.91 Å². The van der Waals surface area contributed by atoms with Gasteiger partial charge in [-0.25, -0.2) is 13.6 Å². The first-order valence-corrected chi connectivity index (χ1v) is 12.7. The van der Waals surface area contributed by atoms with Crippen LogP contribution in [0.5, 0.6) is 5.88 Å². The van der Waals surface area contributed by atoms with Crippen molar-refractivity contribution in [2.24, 2.45) is 5.73 Å². The molecule has 14 heteroatoms. The second kappa shape index (κ2) is 15.4. The number of ether oxygens (including phenoxy) is 1. The lowest BCUT2D eigenvalue weighted by atomic mass is 10.2. The molecule has 1 unspecified atom stereocenters. The number of hydrogen-bond donors (Lipinski definition) is 4. The van der Waals surface area contributed by atoms with Crippen LogP contribution in [0.25, 0.3) is 0 Å². The zero-order chi connectivity index (χ0) is 26.5. The van der Waals surface area contributed by atoms with E-state index in [0.29, 0.717) is 24.6 Å². The number of nitrogens with one attached hydrogen (secondary N) is 2. The van der Waals surface area contributed by atoms with Crippen molar-refractivity contribution in [1.29, 1.82) is 0 Å². The summed E-state index contributed by atoms with van der Waals surface area (Å²) >= 11 is 3.71. The van der Waals surface area contributed by atoms with Crippen molar-refractivity contribution in [2.45, 2.75) is 39.7 Å². The molecule has 5 N–H and O–H groups in total. The number of hydrogen-bond acceptors (Lipinski definition) is 7. The Hall–Kier alpha value is -2.58. The molecule has 0 aliphatic carbocycles. The maximum absolute atomic E-state index is 14.2. The number of allylic oxidation sites excluding steroid dienone is 2. The van der Waals surface area contributed by atoms with Crippen LogP contribution in [0, 0.1) is 0 Å². The Morgan fingerprint density at radius 1 is 1.29 bits per heavy atom. The molecule has 1 heterocycles. The van der Waals surface area contributed by atoms with E-state index in [-0.39, 0.29) is 52.6 Å². The average molecular weight is 582 g/mol. The fourth-order valence-corrected chi connectivity index (χ4v) is 3.86. The number of aliphatic hydroxyl groups excluding tert-OH is 1. The largest absolute Gasteiger partial charge is 0.471 e. The number of nitrogens with zero attached hydrogens (tertiary/aromatic N) is 2. The zero-order valence-corrected chi connectivity index (χ0v) is 22.1. The molecule has 1 rings (SSSR count). The van der Waals surface area contributed by atoms with Gasteiger partial charge in [-0.15, -0.1) is 0 Å². The summed E-state index contributed by atoms with van der Waals surface area (Å²) in [4.78, 5) is 37.8. The molecule has 0 spiro atoms. The molecule has 0 saturated heterocycles. The zero-order valence-electron chi connectivity index (χ0n) is 19.7. The minimum absolute atomic E-state index is 0.0586. The van der Waals surface area contributed by atoms with Crippen molar-refractivity contribution < 1.29 is 33.0 Å². The van der Waals surface area contributed by atoms with Crippen LogP contribution in [0.4, 0.5) is 18.6 Å². The third kappa shape index (κ3) is 9.53. The maximum Gasteiger partial charge on any atom is 0.320 e. The SMILES string of the molecule is CC/C(F)=C(COc1nsc(NC(=O)NCC(O)CC(=O)N(CC)CC)c1C(N)=O)\C(F)=C/CBr. The molecule has 0 aromatic carbocycles. The summed E-state index contributed by atoms with van der Waals surface area (Å²) in [6.07, 6.45) is -0.241. The van der Waals surface area contributed by atoms with E-state index in [4.69, 9.17) is 10.5 Å². The number of nitrogens with two attached hydrogens (primary N) is 1. The molecule has 4 amide bonds. The molecule has 0 aliphatic rings. The molecule has 0 saturated carbocycles. The second-order valence-corrected chi connectivity index (χ2v) is 8.47. The first-order valence-electron chi connectivity index (χ1n) is 10.8. The van der Waals surface area contributed by atoms with Crippen LogP contribution >= 0.6 is 27.5 Å². The molecule has 196 valence electrons. The van der Waals surface area contributed by atoms with E-state index in [1.54, 1.807) is 4.90 Å². The van der Waals surface area contributed by atoms with E-state index in [1.165, 1.54) is 6.92 Å². The molecule has 0 bridgehead atoms. The number of amides is 4. The van der Waals surface area contributed by atoms with Gasteiger partial charge in [-0.3, -0.25) is 14.9 Å². The number of aliphatic hydroxyl groups is 1. The molecule has 0 fully saturated rings. The Bertz CT molecular complexity index is 953. The van der Waals surface area contributed by atoms with Gasteiger partial charge in [0.1, 0.15) is 28.8 Å². The van der Waals surface area contributed by atoms with Gasteiger partial charge in [-0.1, -0.05) is 22.9 Å². The number of anilines is 1. The molecule has 10 nitrogen and oxygen atoms in total. The lowest BCUT2D eigenvalue weighted by Crippen LogP contribution is -2.39. The quantitative estimate of drug-likeness (QED) is 0.196. The molecular weight excluding hydrogens is 552 g/mol. The van der Waals surface area contributed by atoms with Crippen molar-refractivity contribution in [1.82, 2.24) is 14.6 Å². The summed E-state index contributed by atoms with van der Waals surface area (Å²) in [5.74, 6) is -3.08. The van der Waals surface area contributed by atoms with Gasteiger partial charge in [0, 0.05) is 25.0 Å². The van der Waals surface area contributed by atoms with Gasteiger partial charge in [0.15, 0.2) is 0 Å². The number of rotatable bonds is 14. The van der Waals surface area contributed by atoms with E-state index < -0.39 is 36.3 Å². The fraction of sp³-hybridized carbons (Fsp3) is 0.524. The summed E-state index contributed by atoms with van der Waals surface area (Å²) in [7, 11) is 0. The van der Waals surface area contributed by atoms with Gasteiger partial charge in [-0.2, -0.15) is 4.37 Å². The highest BCUT2D eigenvalue weighted by Gasteiger charge is 2.24. The van der Waals surface area contributed by atoms with Crippen LogP contribution in [0.15, 0.2) is 23.3 Å². The Kier molecular flexibility index (Phi) is 13.4. The van der Waals surface area contributed by atoms with Gasteiger partial charge in [-0.05, 0) is 37.9 Å². The first kappa shape index (κ1) is 30.5. The Morgan fingerprint density at radius 3 is 2.49 bits per heavy atom. The molecular formula is C21H30BrF2N5O5S. The van der Waals surface area contributed by atoms with E-state index in [9.17, 15) is 28.3 Å². The van der Waals surface area contributed by atoms with Gasteiger partial charge < -0.3 is 25.8 Å². The molecule has 1 aromatic rings. The number of carbonyl (C=O) groups is 3. The van der Waals surface area contributed by atoms with Gasteiger partial charge >= 0.3 is 6.03 Å². The second-order valence-electron chi connectivity index (χ2n) is 7.05. The summed E-state index contributed by atoms with van der Waals surface area (Å²) in [5, 5.41) is 14.9. The number of aromatic nitrogens is 1. The summed E-state index contributed by atoms with van der Waals surface area (Å²) in [6.45, 7) is 5.36. The Balaban J connectivity index is 2.84. The molecule has 1 atom stereocenters. The highest BCUT2D eigenvalue weighted by Crippen LogP contribution is 2.31. The number of alkyl halides is 1. The first-order chi connectivity index (χ1) is 16.6. The number of carbonyl (C=O) groups excluding carboxylic acids is 3. The van der Waals surface area contributed by atoms with Crippen LogP contribution in [0.2, 0.25) is 0 Å². The summed E-state index contributed by atoms with van der Waals surface area (Å²) in [6, 6.07) is -0.791. The average Bonchev–Trinajstić information content (AvgIpc) is 3.21. The van der Waals surface area contributed by atoms with Gasteiger partial charge in [0.2, 0.25) is 11.8 Å². The van der Waals surface area contributed by atoms with Crippen molar-refractivity contribution in [2.75, 3.05) is 36.9 Å². The van der Waals surface area contributed by atoms with E-state index >= 15 is 0 Å². The normalized spacial score (nSPS) is 13.1.